The number of hydrogen-bond donors (Lipinski definition) is 0. The Morgan fingerprint density at radius 1 is 1.17 bits per heavy atom. The third-order valence-electron chi connectivity index (χ3n) is 4.56. The molecule has 1 atom stereocenters. The third-order valence-corrected chi connectivity index (χ3v) is 4.56. The van der Waals surface area contributed by atoms with Gasteiger partial charge >= 0.3 is 0 Å². The summed E-state index contributed by atoms with van der Waals surface area (Å²) < 4.78 is 0. The highest BCUT2D eigenvalue weighted by Crippen LogP contribution is 2.30. The highest BCUT2D eigenvalue weighted by atomic mass is 16.2. The van der Waals surface area contributed by atoms with Crippen molar-refractivity contribution >= 4 is 17.5 Å². The van der Waals surface area contributed by atoms with Crippen molar-refractivity contribution < 1.29 is 9.59 Å². The van der Waals surface area contributed by atoms with Gasteiger partial charge in [-0.15, -0.1) is 0 Å². The van der Waals surface area contributed by atoms with Crippen LogP contribution in [0.5, 0.6) is 0 Å². The van der Waals surface area contributed by atoms with E-state index in [2.05, 4.69) is 10.1 Å². The fraction of sp³-hybridized carbons (Fsp3) is 0.529. The van der Waals surface area contributed by atoms with E-state index in [9.17, 15) is 9.59 Å². The van der Waals surface area contributed by atoms with E-state index >= 15 is 0 Å². The summed E-state index contributed by atoms with van der Waals surface area (Å²) in [6.07, 6.45) is 8.54. The standard InChI is InChI=1S/C17H22N4O2/c1-20-16(22)7-6-14(19-20)17(23)21-12-4-2-3-5-15(21)13-8-10-18-11-9-13/h8-11,15H,2-7,12H2,1H3/t15-/m1/s1. The average Bonchev–Trinajstić information content (AvgIpc) is 2.83. The van der Waals surface area contributed by atoms with E-state index in [-0.39, 0.29) is 17.9 Å². The van der Waals surface area contributed by atoms with E-state index in [4.69, 9.17) is 0 Å². The topological polar surface area (TPSA) is 65.9 Å². The van der Waals surface area contributed by atoms with Crippen molar-refractivity contribution in [3.05, 3.63) is 30.1 Å². The molecule has 1 saturated heterocycles. The number of likely N-dealkylation sites (tertiary alicyclic amines) is 1. The molecule has 23 heavy (non-hydrogen) atoms. The first-order chi connectivity index (χ1) is 11.2. The van der Waals surface area contributed by atoms with Gasteiger partial charge in [0, 0.05) is 38.8 Å². The maximum absolute atomic E-state index is 13.0. The first-order valence-corrected chi connectivity index (χ1v) is 8.22. The molecule has 2 aliphatic heterocycles. The maximum atomic E-state index is 13.0. The molecule has 1 aromatic rings. The van der Waals surface area contributed by atoms with E-state index in [1.54, 1.807) is 19.4 Å². The van der Waals surface area contributed by atoms with E-state index in [1.165, 1.54) is 5.01 Å². The van der Waals surface area contributed by atoms with E-state index < -0.39 is 0 Å². The maximum Gasteiger partial charge on any atom is 0.270 e. The van der Waals surface area contributed by atoms with Crippen molar-refractivity contribution in [2.24, 2.45) is 5.10 Å². The molecular formula is C17H22N4O2. The molecule has 0 aromatic carbocycles. The fourth-order valence-electron chi connectivity index (χ4n) is 3.27. The lowest BCUT2D eigenvalue weighted by Gasteiger charge is -2.32. The molecule has 0 N–H and O–H groups in total. The van der Waals surface area contributed by atoms with Gasteiger partial charge in [0.2, 0.25) is 5.91 Å². The minimum Gasteiger partial charge on any atom is -0.331 e. The number of hydrogen-bond acceptors (Lipinski definition) is 4. The predicted octanol–water partition coefficient (Wildman–Crippen LogP) is 2.13. The molecule has 3 heterocycles. The minimum absolute atomic E-state index is 0.0342. The smallest absolute Gasteiger partial charge is 0.270 e. The average molecular weight is 314 g/mol. The molecule has 0 unspecified atom stereocenters. The Morgan fingerprint density at radius 2 is 1.96 bits per heavy atom. The highest BCUT2D eigenvalue weighted by molar-refractivity contribution is 6.39. The van der Waals surface area contributed by atoms with Crippen LogP contribution < -0.4 is 0 Å². The Kier molecular flexibility index (Phi) is 4.69. The number of rotatable bonds is 2. The summed E-state index contributed by atoms with van der Waals surface area (Å²) in [5, 5.41) is 5.48. The van der Waals surface area contributed by atoms with Crippen molar-refractivity contribution in [2.45, 2.75) is 44.6 Å². The summed E-state index contributed by atoms with van der Waals surface area (Å²) >= 11 is 0. The van der Waals surface area contributed by atoms with Crippen LogP contribution in [0.1, 0.15) is 50.1 Å². The lowest BCUT2D eigenvalue weighted by Crippen LogP contribution is -2.42. The summed E-state index contributed by atoms with van der Waals surface area (Å²) in [6, 6.07) is 4.03. The normalized spacial score (nSPS) is 22.6. The molecule has 6 nitrogen and oxygen atoms in total. The Morgan fingerprint density at radius 3 is 2.70 bits per heavy atom. The summed E-state index contributed by atoms with van der Waals surface area (Å²) in [6.45, 7) is 0.739. The van der Waals surface area contributed by atoms with Gasteiger partial charge in [-0.25, -0.2) is 5.01 Å². The van der Waals surface area contributed by atoms with Gasteiger partial charge < -0.3 is 4.90 Å². The Labute approximate surface area is 136 Å². The number of carbonyl (C=O) groups excluding carboxylic acids is 2. The molecule has 0 aliphatic carbocycles. The van der Waals surface area contributed by atoms with Crippen LogP contribution in [0.4, 0.5) is 0 Å². The lowest BCUT2D eigenvalue weighted by molar-refractivity contribution is -0.131. The van der Waals surface area contributed by atoms with Crippen LogP contribution in [0, 0.1) is 0 Å². The van der Waals surface area contributed by atoms with Gasteiger partial charge in [-0.1, -0.05) is 12.8 Å². The van der Waals surface area contributed by atoms with Gasteiger partial charge in [-0.3, -0.25) is 14.6 Å². The third kappa shape index (κ3) is 3.41. The number of aromatic nitrogens is 1. The van der Waals surface area contributed by atoms with Crippen LogP contribution in [0.3, 0.4) is 0 Å². The molecule has 6 heteroatoms. The number of pyridine rings is 1. The van der Waals surface area contributed by atoms with Crippen LogP contribution in [-0.4, -0.2) is 46.0 Å². The number of nitrogens with zero attached hydrogens (tertiary/aromatic N) is 4. The van der Waals surface area contributed by atoms with Gasteiger partial charge in [0.1, 0.15) is 5.71 Å². The molecular weight excluding hydrogens is 292 g/mol. The van der Waals surface area contributed by atoms with Gasteiger partial charge in [0.05, 0.1) is 6.04 Å². The van der Waals surface area contributed by atoms with Crippen LogP contribution in [0.2, 0.25) is 0 Å². The number of amides is 2. The van der Waals surface area contributed by atoms with Gasteiger partial charge in [0.25, 0.3) is 5.91 Å². The van der Waals surface area contributed by atoms with E-state index in [0.29, 0.717) is 18.6 Å². The van der Waals surface area contributed by atoms with Gasteiger partial charge in [-0.2, -0.15) is 5.10 Å². The van der Waals surface area contributed by atoms with Crippen LogP contribution in [0.15, 0.2) is 29.6 Å². The zero-order chi connectivity index (χ0) is 16.2. The first kappa shape index (κ1) is 15.6. The predicted molar refractivity (Wildman–Crippen MR) is 86.6 cm³/mol. The largest absolute Gasteiger partial charge is 0.331 e. The second-order valence-electron chi connectivity index (χ2n) is 6.11. The molecule has 2 amide bonds. The SMILES string of the molecule is CN1N=C(C(=O)N2CCCCC[C@@H]2c2ccncc2)CCC1=O. The fourth-order valence-corrected chi connectivity index (χ4v) is 3.27. The van der Waals surface area contributed by atoms with Crippen LogP contribution in [-0.2, 0) is 9.59 Å². The first-order valence-electron chi connectivity index (χ1n) is 8.22. The van der Waals surface area contributed by atoms with E-state index in [0.717, 1.165) is 37.8 Å². The second kappa shape index (κ2) is 6.89. The van der Waals surface area contributed by atoms with Gasteiger partial charge in [0.15, 0.2) is 0 Å². The zero-order valence-electron chi connectivity index (χ0n) is 13.4. The minimum atomic E-state index is -0.0388. The van der Waals surface area contributed by atoms with Crippen molar-refractivity contribution in [3.8, 4) is 0 Å². The quantitative estimate of drug-likeness (QED) is 0.840. The zero-order valence-corrected chi connectivity index (χ0v) is 13.4. The van der Waals surface area contributed by atoms with Crippen LogP contribution >= 0.6 is 0 Å². The summed E-state index contributed by atoms with van der Waals surface area (Å²) in [4.78, 5) is 30.6. The highest BCUT2D eigenvalue weighted by Gasteiger charge is 2.31. The van der Waals surface area contributed by atoms with Crippen molar-refractivity contribution in [1.82, 2.24) is 14.9 Å². The monoisotopic (exact) mass is 314 g/mol. The molecule has 3 rings (SSSR count). The van der Waals surface area contributed by atoms with Crippen molar-refractivity contribution in [1.29, 1.82) is 0 Å². The molecule has 0 radical (unpaired) electrons. The number of carbonyl (C=O) groups is 2. The van der Waals surface area contributed by atoms with Crippen LogP contribution in [0.25, 0.3) is 0 Å². The number of hydrazone groups is 1. The Hall–Kier alpha value is -2.24. The summed E-state index contributed by atoms with van der Waals surface area (Å²) in [5.41, 5.74) is 1.61. The van der Waals surface area contributed by atoms with Crippen molar-refractivity contribution in [3.63, 3.8) is 0 Å². The second-order valence-corrected chi connectivity index (χ2v) is 6.11. The molecule has 1 fully saturated rings. The Balaban J connectivity index is 1.86. The summed E-state index contributed by atoms with van der Waals surface area (Å²) in [7, 11) is 1.61. The Bertz CT molecular complexity index is 614. The molecule has 1 aromatic heterocycles. The molecule has 0 bridgehead atoms. The molecule has 0 spiro atoms. The summed E-state index contributed by atoms with van der Waals surface area (Å²) in [5.74, 6) is -0.0730. The lowest BCUT2D eigenvalue weighted by atomic mass is 10.0. The van der Waals surface area contributed by atoms with E-state index in [1.807, 2.05) is 17.0 Å². The molecule has 122 valence electrons. The van der Waals surface area contributed by atoms with Gasteiger partial charge in [-0.05, 0) is 30.5 Å². The molecule has 0 saturated carbocycles. The van der Waals surface area contributed by atoms with Crippen molar-refractivity contribution in [2.75, 3.05) is 13.6 Å². The molecule has 2 aliphatic rings.